The Morgan fingerprint density at radius 3 is 2.73 bits per heavy atom. The Morgan fingerprint density at radius 1 is 0.939 bits per heavy atom. The van der Waals surface area contributed by atoms with Crippen molar-refractivity contribution >= 4 is 39.5 Å². The minimum Gasteiger partial charge on any atom is -0.364 e. The van der Waals surface area contributed by atoms with Gasteiger partial charge in [0.1, 0.15) is 11.8 Å². The second-order valence-electron chi connectivity index (χ2n) is 7.26. The zero-order valence-corrected chi connectivity index (χ0v) is 17.7. The summed E-state index contributed by atoms with van der Waals surface area (Å²) in [5.74, 6) is 1.12. The number of imidazole rings is 1. The largest absolute Gasteiger partial charge is 0.364 e. The maximum Gasteiger partial charge on any atom is 0.205 e. The van der Waals surface area contributed by atoms with E-state index < -0.39 is 0 Å². The van der Waals surface area contributed by atoms with Gasteiger partial charge < -0.3 is 10.3 Å². The Bertz CT molecular complexity index is 1590. The fraction of sp³-hybridized carbons (Fsp3) is 0.0455. The van der Waals surface area contributed by atoms with E-state index in [1.165, 1.54) is 6.33 Å². The predicted molar refractivity (Wildman–Crippen MR) is 124 cm³/mol. The summed E-state index contributed by atoms with van der Waals surface area (Å²) >= 11 is 6.49. The van der Waals surface area contributed by atoms with Crippen LogP contribution in [0.25, 0.3) is 44.7 Å². The number of H-pyrrole nitrogens is 2. The summed E-state index contributed by atoms with van der Waals surface area (Å²) in [6.45, 7) is 0.449. The van der Waals surface area contributed by atoms with Crippen molar-refractivity contribution in [3.8, 4) is 22.6 Å². The molecule has 6 aromatic rings. The van der Waals surface area contributed by atoms with Gasteiger partial charge in [-0.1, -0.05) is 48.0 Å². The van der Waals surface area contributed by atoms with E-state index in [9.17, 15) is 0 Å². The Kier molecular flexibility index (Phi) is 4.62. The Morgan fingerprint density at radius 2 is 1.85 bits per heavy atom. The lowest BCUT2D eigenvalue weighted by Gasteiger charge is -2.15. The van der Waals surface area contributed by atoms with Gasteiger partial charge in [0.25, 0.3) is 0 Å². The van der Waals surface area contributed by atoms with Gasteiger partial charge in [0.05, 0.1) is 22.6 Å². The van der Waals surface area contributed by atoms with Crippen LogP contribution in [0.1, 0.15) is 5.56 Å². The number of nitrogens with zero attached hydrogens (tertiary/aromatic N) is 7. The first-order valence-electron chi connectivity index (χ1n) is 10.1. The van der Waals surface area contributed by atoms with E-state index in [1.54, 1.807) is 6.33 Å². The summed E-state index contributed by atoms with van der Waals surface area (Å²) in [7, 11) is 0. The first-order valence-corrected chi connectivity index (χ1v) is 10.4. The molecular weight excluding hydrogens is 440 g/mol. The van der Waals surface area contributed by atoms with E-state index in [4.69, 9.17) is 16.6 Å². The molecule has 2 aromatic carbocycles. The fourth-order valence-electron chi connectivity index (χ4n) is 3.81. The highest BCUT2D eigenvalue weighted by Crippen LogP contribution is 2.34. The third-order valence-electron chi connectivity index (χ3n) is 5.31. The zero-order chi connectivity index (χ0) is 22.2. The fourth-order valence-corrected chi connectivity index (χ4v) is 4.03. The van der Waals surface area contributed by atoms with Crippen LogP contribution in [-0.4, -0.2) is 45.5 Å². The van der Waals surface area contributed by atoms with E-state index in [0.29, 0.717) is 34.4 Å². The highest BCUT2D eigenvalue weighted by Gasteiger charge is 2.17. The van der Waals surface area contributed by atoms with Crippen LogP contribution in [0, 0.1) is 0 Å². The van der Waals surface area contributed by atoms with Crippen LogP contribution < -0.4 is 5.32 Å². The van der Waals surface area contributed by atoms with Crippen molar-refractivity contribution in [1.82, 2.24) is 45.5 Å². The number of nitrogens with one attached hydrogen (secondary N) is 3. The molecule has 3 N–H and O–H groups in total. The number of pyridine rings is 1. The highest BCUT2D eigenvalue weighted by atomic mass is 35.5. The van der Waals surface area contributed by atoms with E-state index in [-0.39, 0.29) is 0 Å². The Balaban J connectivity index is 1.51. The van der Waals surface area contributed by atoms with Crippen LogP contribution in [0.5, 0.6) is 0 Å². The van der Waals surface area contributed by atoms with Gasteiger partial charge in [-0.05, 0) is 22.9 Å². The number of halogens is 1. The standard InChI is InChI=1S/C22H15ClN10/c23-16-7-3-4-12-8-13(9-24-21-19-22(26-10-25-19)28-11-27-21)17(29-18(12)16)14-5-1-2-6-15(14)20-30-32-33-31-20/h1-8,10-11H,9H2,(H,30,31,32,33)(H2,24,25,26,27,28). The second-order valence-corrected chi connectivity index (χ2v) is 7.67. The maximum absolute atomic E-state index is 6.49. The van der Waals surface area contributed by atoms with Gasteiger partial charge in [0.2, 0.25) is 5.82 Å². The number of rotatable bonds is 5. The van der Waals surface area contributed by atoms with Crippen LogP contribution in [-0.2, 0) is 6.54 Å². The second kappa shape index (κ2) is 7.92. The number of aromatic nitrogens is 9. The Labute approximate surface area is 191 Å². The molecule has 0 aliphatic heterocycles. The van der Waals surface area contributed by atoms with Crippen molar-refractivity contribution in [2.75, 3.05) is 5.32 Å². The molecule has 0 fully saturated rings. The smallest absolute Gasteiger partial charge is 0.205 e. The SMILES string of the molecule is Clc1cccc2cc(CNc3ncnc4[nH]cnc34)c(-c3ccccc3-c3nn[nH]n3)nc12. The lowest BCUT2D eigenvalue weighted by atomic mass is 9.98. The molecule has 160 valence electrons. The van der Waals surface area contributed by atoms with Crippen molar-refractivity contribution in [3.63, 3.8) is 0 Å². The van der Waals surface area contributed by atoms with Gasteiger partial charge in [0.15, 0.2) is 11.5 Å². The van der Waals surface area contributed by atoms with Crippen molar-refractivity contribution in [2.45, 2.75) is 6.54 Å². The average Bonchev–Trinajstić information content (AvgIpc) is 3.55. The van der Waals surface area contributed by atoms with Gasteiger partial charge in [-0.2, -0.15) is 5.21 Å². The molecule has 0 bridgehead atoms. The number of hydrogen-bond acceptors (Lipinski definition) is 8. The van der Waals surface area contributed by atoms with E-state index in [0.717, 1.165) is 33.3 Å². The quantitative estimate of drug-likeness (QED) is 0.355. The molecule has 0 spiro atoms. The summed E-state index contributed by atoms with van der Waals surface area (Å²) in [4.78, 5) is 20.8. The molecule has 33 heavy (non-hydrogen) atoms. The lowest BCUT2D eigenvalue weighted by Crippen LogP contribution is -2.06. The Hall–Kier alpha value is -4.44. The number of hydrogen-bond donors (Lipinski definition) is 3. The van der Waals surface area contributed by atoms with Crippen molar-refractivity contribution in [3.05, 3.63) is 71.8 Å². The lowest BCUT2D eigenvalue weighted by molar-refractivity contribution is 0.881. The minimum atomic E-state index is 0.449. The number of tetrazole rings is 1. The molecule has 11 heteroatoms. The average molecular weight is 455 g/mol. The molecule has 0 atom stereocenters. The number of anilines is 1. The molecule has 0 aliphatic carbocycles. The maximum atomic E-state index is 6.49. The summed E-state index contributed by atoms with van der Waals surface area (Å²) in [5, 5.41) is 19.4. The van der Waals surface area contributed by atoms with Gasteiger partial charge >= 0.3 is 0 Å². The van der Waals surface area contributed by atoms with Crippen molar-refractivity contribution in [2.24, 2.45) is 0 Å². The first-order chi connectivity index (χ1) is 16.3. The molecule has 10 nitrogen and oxygen atoms in total. The number of aromatic amines is 2. The zero-order valence-electron chi connectivity index (χ0n) is 17.0. The van der Waals surface area contributed by atoms with E-state index in [1.807, 2.05) is 42.5 Å². The van der Waals surface area contributed by atoms with Gasteiger partial charge in [-0.25, -0.2) is 19.9 Å². The highest BCUT2D eigenvalue weighted by molar-refractivity contribution is 6.35. The molecule has 4 aromatic heterocycles. The van der Waals surface area contributed by atoms with Crippen molar-refractivity contribution < 1.29 is 0 Å². The van der Waals surface area contributed by atoms with Crippen LogP contribution in [0.15, 0.2) is 61.2 Å². The van der Waals surface area contributed by atoms with Crippen LogP contribution in [0.2, 0.25) is 5.02 Å². The van der Waals surface area contributed by atoms with Crippen molar-refractivity contribution in [1.29, 1.82) is 0 Å². The normalized spacial score (nSPS) is 11.3. The number of fused-ring (bicyclic) bond motifs is 2. The molecule has 0 amide bonds. The molecule has 0 saturated carbocycles. The third kappa shape index (κ3) is 3.42. The summed E-state index contributed by atoms with van der Waals surface area (Å²) in [6.07, 6.45) is 3.09. The monoisotopic (exact) mass is 454 g/mol. The van der Waals surface area contributed by atoms with E-state index >= 15 is 0 Å². The van der Waals surface area contributed by atoms with Crippen LogP contribution in [0.4, 0.5) is 5.82 Å². The molecular formula is C22H15ClN10. The van der Waals surface area contributed by atoms with Gasteiger partial charge in [-0.15, -0.1) is 10.2 Å². The molecule has 0 unspecified atom stereocenters. The van der Waals surface area contributed by atoms with Gasteiger partial charge in [-0.3, -0.25) is 0 Å². The summed E-state index contributed by atoms with van der Waals surface area (Å²) in [6, 6.07) is 15.6. The van der Waals surface area contributed by atoms with E-state index in [2.05, 4.69) is 51.9 Å². The first kappa shape index (κ1) is 19.3. The molecule has 0 aliphatic rings. The number of benzene rings is 2. The molecule has 0 radical (unpaired) electrons. The third-order valence-corrected chi connectivity index (χ3v) is 5.61. The van der Waals surface area contributed by atoms with Crippen LogP contribution in [0.3, 0.4) is 0 Å². The van der Waals surface area contributed by atoms with Crippen LogP contribution >= 0.6 is 11.6 Å². The minimum absolute atomic E-state index is 0.449. The topological polar surface area (TPSA) is 134 Å². The molecule has 4 heterocycles. The van der Waals surface area contributed by atoms with Gasteiger partial charge in [0, 0.05) is 23.1 Å². The molecule has 0 saturated heterocycles. The predicted octanol–water partition coefficient (Wildman–Crippen LogP) is 4.01. The summed E-state index contributed by atoms with van der Waals surface area (Å²) < 4.78 is 0. The number of para-hydroxylation sites is 1. The molecule has 6 rings (SSSR count). The summed E-state index contributed by atoms with van der Waals surface area (Å²) in [5.41, 5.74) is 5.44.